The van der Waals surface area contributed by atoms with E-state index >= 15 is 0 Å². The average molecular weight is 739 g/mol. The predicted molar refractivity (Wildman–Crippen MR) is 190 cm³/mol. The van der Waals surface area contributed by atoms with E-state index in [1.54, 1.807) is 17.0 Å². The molecule has 5 atom stereocenters. The van der Waals surface area contributed by atoms with Crippen LogP contribution in [0.4, 0.5) is 4.79 Å². The summed E-state index contributed by atoms with van der Waals surface area (Å²) in [6.07, 6.45) is 8.44. The molecule has 2 aliphatic carbocycles. The number of aryl methyl sites for hydroxylation is 1. The first kappa shape index (κ1) is 35.8. The SMILES string of the molecule is COc1ccc2c(OC3CC4C(=O)NC5(C(=O)NS(=O)(=O)C6CC6)CC5C=CCCCCCC(NC(=O)N5CCC5)C(=O)N4C3)cc(=O)[nH]c2c1C. The van der Waals surface area contributed by atoms with Crippen LogP contribution in [0, 0.1) is 12.8 Å². The summed E-state index contributed by atoms with van der Waals surface area (Å²) in [5.41, 5.74) is -0.679. The van der Waals surface area contributed by atoms with Gasteiger partial charge in [-0.1, -0.05) is 25.0 Å². The third-order valence-electron chi connectivity index (χ3n) is 11.0. The van der Waals surface area contributed by atoms with Gasteiger partial charge in [0.2, 0.25) is 21.8 Å². The molecule has 5 unspecified atom stereocenters. The van der Waals surface area contributed by atoms with Crippen molar-refractivity contribution in [2.24, 2.45) is 5.92 Å². The number of hydrogen-bond acceptors (Lipinski definition) is 9. The highest BCUT2D eigenvalue weighted by atomic mass is 32.2. The number of rotatable bonds is 7. The van der Waals surface area contributed by atoms with Gasteiger partial charge in [0, 0.05) is 42.4 Å². The highest BCUT2D eigenvalue weighted by Crippen LogP contribution is 2.46. The molecular weight excluding hydrogens is 692 g/mol. The number of nitrogens with one attached hydrogen (secondary N) is 4. The second-order valence-corrected chi connectivity index (χ2v) is 16.6. The van der Waals surface area contributed by atoms with Crippen LogP contribution in [0.3, 0.4) is 0 Å². The lowest BCUT2D eigenvalue weighted by molar-refractivity contribution is -0.141. The molecule has 52 heavy (non-hydrogen) atoms. The first-order valence-electron chi connectivity index (χ1n) is 18.2. The normalized spacial score (nSPS) is 28.0. The molecule has 16 heteroatoms. The summed E-state index contributed by atoms with van der Waals surface area (Å²) in [4.78, 5) is 74.2. The molecule has 5 aliphatic rings. The van der Waals surface area contributed by atoms with E-state index in [9.17, 15) is 32.4 Å². The van der Waals surface area contributed by atoms with Crippen LogP contribution in [0.2, 0.25) is 0 Å². The number of aromatic nitrogens is 1. The number of urea groups is 1. The Morgan fingerprint density at radius 3 is 2.52 bits per heavy atom. The summed E-state index contributed by atoms with van der Waals surface area (Å²) in [6, 6.07) is 2.48. The number of methoxy groups -OCH3 is 1. The van der Waals surface area contributed by atoms with Crippen LogP contribution in [0.5, 0.6) is 11.5 Å². The third kappa shape index (κ3) is 7.08. The highest BCUT2D eigenvalue weighted by molar-refractivity contribution is 7.91. The van der Waals surface area contributed by atoms with Crippen LogP contribution in [-0.4, -0.2) is 103 Å². The Balaban J connectivity index is 1.20. The minimum Gasteiger partial charge on any atom is -0.496 e. The van der Waals surface area contributed by atoms with Crippen LogP contribution in [0.15, 0.2) is 35.1 Å². The van der Waals surface area contributed by atoms with Crippen molar-refractivity contribution >= 4 is 44.7 Å². The van der Waals surface area contributed by atoms with Crippen LogP contribution in [0.25, 0.3) is 10.9 Å². The van der Waals surface area contributed by atoms with Crippen LogP contribution in [0.1, 0.15) is 69.8 Å². The van der Waals surface area contributed by atoms with Gasteiger partial charge in [0.1, 0.15) is 35.2 Å². The monoisotopic (exact) mass is 738 g/mol. The van der Waals surface area contributed by atoms with Crippen molar-refractivity contribution in [3.63, 3.8) is 0 Å². The van der Waals surface area contributed by atoms with Gasteiger partial charge in [0.05, 0.1) is 24.4 Å². The number of hydrogen-bond donors (Lipinski definition) is 4. The summed E-state index contributed by atoms with van der Waals surface area (Å²) >= 11 is 0. The van der Waals surface area contributed by atoms with Crippen molar-refractivity contribution in [1.29, 1.82) is 0 Å². The number of carbonyl (C=O) groups is 4. The average Bonchev–Trinajstić information content (AvgIpc) is 4.00. The molecule has 0 radical (unpaired) electrons. The fourth-order valence-electron chi connectivity index (χ4n) is 7.52. The van der Waals surface area contributed by atoms with Gasteiger partial charge in [-0.25, -0.2) is 13.2 Å². The van der Waals surface area contributed by atoms with E-state index in [0.717, 1.165) is 19.3 Å². The van der Waals surface area contributed by atoms with Gasteiger partial charge in [0.25, 0.3) is 11.5 Å². The number of fused-ring (bicyclic) bond motifs is 3. The zero-order chi connectivity index (χ0) is 36.8. The second-order valence-electron chi connectivity index (χ2n) is 14.7. The molecule has 5 amide bonds. The number of ether oxygens (including phenoxy) is 2. The smallest absolute Gasteiger partial charge is 0.318 e. The first-order valence-corrected chi connectivity index (χ1v) is 19.7. The standard InChI is InChI=1S/C36H46N6O9S/c1-21-28(50-2)14-13-25-29(18-30(43)38-31(21)25)51-23-17-27-32(44)39-36(34(46)40-52(48,49)24-11-12-24)19-22(36)9-6-4-3-5-7-10-26(33(45)42(27)20-23)37-35(47)41-15-8-16-41/h6,9,13-14,18,22-24,26-27H,3-5,7-8,10-12,15-17,19-20H2,1-2H3,(H,37,47)(H,38,43)(H,39,44)(H,40,46). The number of pyridine rings is 1. The Hall–Kier alpha value is -4.60. The molecule has 2 aromatic rings. The van der Waals surface area contributed by atoms with Gasteiger partial charge in [-0.05, 0) is 64.0 Å². The summed E-state index contributed by atoms with van der Waals surface area (Å²) in [7, 11) is -2.36. The van der Waals surface area contributed by atoms with Crippen LogP contribution in [-0.2, 0) is 24.4 Å². The molecular formula is C36H46N6O9S. The van der Waals surface area contributed by atoms with Crippen LogP contribution < -0.4 is 30.4 Å². The topological polar surface area (TPSA) is 196 Å². The van der Waals surface area contributed by atoms with E-state index in [1.807, 2.05) is 19.1 Å². The minimum atomic E-state index is -3.89. The number of allylic oxidation sites excluding steroid dienone is 1. The molecule has 3 aliphatic heterocycles. The summed E-state index contributed by atoms with van der Waals surface area (Å²) < 4.78 is 39.7. The Labute approximate surface area is 301 Å². The van der Waals surface area contributed by atoms with Gasteiger partial charge in [-0.3, -0.25) is 23.9 Å². The summed E-state index contributed by atoms with van der Waals surface area (Å²) in [6.45, 7) is 2.98. The van der Waals surface area contributed by atoms with E-state index in [0.29, 0.717) is 67.4 Å². The molecule has 280 valence electrons. The number of likely N-dealkylation sites (tertiary alicyclic amines) is 1. The number of H-pyrrole nitrogens is 1. The maximum Gasteiger partial charge on any atom is 0.318 e. The quantitative estimate of drug-likeness (QED) is 0.307. The van der Waals surface area contributed by atoms with E-state index in [4.69, 9.17) is 9.47 Å². The van der Waals surface area contributed by atoms with Gasteiger partial charge >= 0.3 is 6.03 Å². The number of benzene rings is 1. The second kappa shape index (κ2) is 14.1. The summed E-state index contributed by atoms with van der Waals surface area (Å²) in [5, 5.41) is 5.75. The maximum atomic E-state index is 14.4. The Kier molecular flexibility index (Phi) is 9.69. The predicted octanol–water partition coefficient (Wildman–Crippen LogP) is 1.98. The molecule has 2 saturated carbocycles. The first-order chi connectivity index (χ1) is 24.9. The fourth-order valence-corrected chi connectivity index (χ4v) is 8.88. The van der Waals surface area contributed by atoms with Gasteiger partial charge in [-0.15, -0.1) is 0 Å². The zero-order valence-electron chi connectivity index (χ0n) is 29.4. The van der Waals surface area contributed by atoms with Crippen molar-refractivity contribution in [3.05, 3.63) is 46.3 Å². The molecule has 0 spiro atoms. The van der Waals surface area contributed by atoms with E-state index in [2.05, 4.69) is 20.3 Å². The largest absolute Gasteiger partial charge is 0.496 e. The van der Waals surface area contributed by atoms with Crippen molar-refractivity contribution in [2.75, 3.05) is 26.7 Å². The van der Waals surface area contributed by atoms with Crippen molar-refractivity contribution in [3.8, 4) is 11.5 Å². The Morgan fingerprint density at radius 2 is 1.81 bits per heavy atom. The number of nitrogens with zero attached hydrogens (tertiary/aromatic N) is 2. The number of carbonyl (C=O) groups excluding carboxylic acids is 4. The lowest BCUT2D eigenvalue weighted by atomic mass is 10.0. The van der Waals surface area contributed by atoms with E-state index < -0.39 is 68.2 Å². The highest BCUT2D eigenvalue weighted by Gasteiger charge is 2.62. The molecule has 4 N–H and O–H groups in total. The molecule has 1 aromatic carbocycles. The minimum absolute atomic E-state index is 0.0202. The molecule has 4 fully saturated rings. The maximum absolute atomic E-state index is 14.4. The van der Waals surface area contributed by atoms with Gasteiger partial charge in [-0.2, -0.15) is 0 Å². The van der Waals surface area contributed by atoms with Crippen molar-refractivity contribution < 1.29 is 37.1 Å². The van der Waals surface area contributed by atoms with E-state index in [-0.39, 0.29) is 31.2 Å². The van der Waals surface area contributed by atoms with Gasteiger partial charge < -0.3 is 34.9 Å². The molecule has 4 heterocycles. The van der Waals surface area contributed by atoms with Gasteiger partial charge in [0.15, 0.2) is 0 Å². The molecule has 0 bridgehead atoms. The Morgan fingerprint density at radius 1 is 1.02 bits per heavy atom. The molecule has 15 nitrogen and oxygen atoms in total. The summed E-state index contributed by atoms with van der Waals surface area (Å²) in [5.74, 6) is -1.46. The Bertz CT molecular complexity index is 1970. The van der Waals surface area contributed by atoms with Crippen LogP contribution >= 0.6 is 0 Å². The third-order valence-corrected chi connectivity index (χ3v) is 12.8. The number of sulfonamides is 1. The molecule has 2 saturated heterocycles. The zero-order valence-corrected chi connectivity index (χ0v) is 30.3. The van der Waals surface area contributed by atoms with Crippen molar-refractivity contribution in [1.82, 2.24) is 30.1 Å². The lowest BCUT2D eigenvalue weighted by Crippen LogP contribution is -2.59. The fraction of sp³-hybridized carbons (Fsp3) is 0.583. The lowest BCUT2D eigenvalue weighted by Gasteiger charge is -2.34. The number of aromatic amines is 1. The molecule has 1 aromatic heterocycles. The van der Waals surface area contributed by atoms with Crippen molar-refractivity contribution in [2.45, 2.75) is 100 Å². The number of amides is 5. The van der Waals surface area contributed by atoms with E-state index in [1.165, 1.54) is 18.1 Å². The molecule has 7 rings (SSSR count).